The molecule has 1 atom stereocenters. The maximum absolute atomic E-state index is 13.4. The first-order chi connectivity index (χ1) is 15.8. The van der Waals surface area contributed by atoms with E-state index in [0.717, 1.165) is 42.0 Å². The zero-order valence-corrected chi connectivity index (χ0v) is 18.4. The van der Waals surface area contributed by atoms with Gasteiger partial charge in [0.2, 0.25) is 0 Å². The number of hydrogen-bond donors (Lipinski definition) is 2. The van der Waals surface area contributed by atoms with Crippen molar-refractivity contribution in [1.82, 2.24) is 19.7 Å². The van der Waals surface area contributed by atoms with Gasteiger partial charge >= 0.3 is 6.18 Å². The molecular formula is C25H24F3N5. The molecule has 0 spiro atoms. The lowest BCUT2D eigenvalue weighted by Crippen LogP contribution is -2.20. The number of aromatic nitrogens is 3. The third-order valence-corrected chi connectivity index (χ3v) is 6.29. The number of nitrogens with one attached hydrogen (secondary N) is 2. The van der Waals surface area contributed by atoms with Crippen molar-refractivity contribution in [2.75, 3.05) is 18.4 Å². The van der Waals surface area contributed by atoms with Crippen molar-refractivity contribution >= 4 is 27.9 Å². The highest BCUT2D eigenvalue weighted by atomic mass is 19.4. The molecule has 5 nitrogen and oxygen atoms in total. The summed E-state index contributed by atoms with van der Waals surface area (Å²) in [5.74, 6) is 0.624. The van der Waals surface area contributed by atoms with Crippen molar-refractivity contribution in [3.8, 4) is 0 Å². The Hall–Kier alpha value is -3.39. The standard InChI is InChI=1S/C25H24F3N5/c1-15-19(4-3-5-21(15)25(26,27)28)16(2)31-24-20-12-18(17-8-10-29-11-9-17)6-7-22(20)33-14-30-13-23(33)32-24/h3-8,12-14,16,29H,9-11H2,1-2H3,(H,31,32). The molecule has 1 aliphatic rings. The van der Waals surface area contributed by atoms with Crippen LogP contribution in [-0.4, -0.2) is 27.5 Å². The fourth-order valence-electron chi connectivity index (χ4n) is 4.57. The highest BCUT2D eigenvalue weighted by molar-refractivity contribution is 5.94. The van der Waals surface area contributed by atoms with E-state index in [9.17, 15) is 13.2 Å². The molecule has 3 heterocycles. The minimum Gasteiger partial charge on any atom is -0.363 e. The Bertz CT molecular complexity index is 1370. The molecule has 0 aliphatic carbocycles. The van der Waals surface area contributed by atoms with Crippen LogP contribution in [0.1, 0.15) is 41.6 Å². The predicted molar refractivity (Wildman–Crippen MR) is 124 cm³/mol. The lowest BCUT2D eigenvalue weighted by Gasteiger charge is -2.22. The summed E-state index contributed by atoms with van der Waals surface area (Å²) in [6.07, 6.45) is 2.13. The maximum atomic E-state index is 13.4. The van der Waals surface area contributed by atoms with Gasteiger partial charge in [-0.25, -0.2) is 9.97 Å². The second-order valence-corrected chi connectivity index (χ2v) is 8.38. The molecule has 0 bridgehead atoms. The van der Waals surface area contributed by atoms with Crippen LogP contribution in [0, 0.1) is 6.92 Å². The third kappa shape index (κ3) is 3.95. The van der Waals surface area contributed by atoms with Gasteiger partial charge in [-0.15, -0.1) is 0 Å². The Labute approximate surface area is 189 Å². The number of alkyl halides is 3. The smallest absolute Gasteiger partial charge is 0.363 e. The molecule has 8 heteroatoms. The first-order valence-electron chi connectivity index (χ1n) is 10.9. The summed E-state index contributed by atoms with van der Waals surface area (Å²) in [6.45, 7) is 5.14. The highest BCUT2D eigenvalue weighted by Crippen LogP contribution is 2.36. The van der Waals surface area contributed by atoms with Crippen molar-refractivity contribution in [1.29, 1.82) is 0 Å². The fourth-order valence-corrected chi connectivity index (χ4v) is 4.57. The van der Waals surface area contributed by atoms with E-state index in [1.807, 2.05) is 11.3 Å². The SMILES string of the molecule is Cc1c(C(C)Nc2nc3cncn3c3ccc(C4=CCNCC4)cc23)cccc1C(F)(F)F. The molecule has 1 unspecified atom stereocenters. The summed E-state index contributed by atoms with van der Waals surface area (Å²) in [6, 6.07) is 10.2. The lowest BCUT2D eigenvalue weighted by molar-refractivity contribution is -0.138. The van der Waals surface area contributed by atoms with E-state index in [1.165, 1.54) is 18.6 Å². The van der Waals surface area contributed by atoms with Crippen molar-refractivity contribution in [2.24, 2.45) is 0 Å². The maximum Gasteiger partial charge on any atom is 0.416 e. The van der Waals surface area contributed by atoms with Gasteiger partial charge in [0.05, 0.1) is 23.3 Å². The summed E-state index contributed by atoms with van der Waals surface area (Å²) in [4.78, 5) is 8.97. The normalized spacial score (nSPS) is 15.6. The number of halogens is 3. The van der Waals surface area contributed by atoms with Crippen LogP contribution in [0.4, 0.5) is 19.0 Å². The highest BCUT2D eigenvalue weighted by Gasteiger charge is 2.33. The van der Waals surface area contributed by atoms with E-state index in [4.69, 9.17) is 4.98 Å². The number of rotatable bonds is 4. The van der Waals surface area contributed by atoms with Gasteiger partial charge in [0.1, 0.15) is 12.1 Å². The molecule has 5 rings (SSSR count). The quantitative estimate of drug-likeness (QED) is 0.414. The summed E-state index contributed by atoms with van der Waals surface area (Å²) in [7, 11) is 0. The Morgan fingerprint density at radius 1 is 1.18 bits per heavy atom. The zero-order chi connectivity index (χ0) is 23.2. The van der Waals surface area contributed by atoms with E-state index in [1.54, 1.807) is 18.6 Å². The monoisotopic (exact) mass is 451 g/mol. The van der Waals surface area contributed by atoms with Crippen LogP contribution in [-0.2, 0) is 6.18 Å². The molecule has 2 N–H and O–H groups in total. The Morgan fingerprint density at radius 3 is 2.79 bits per heavy atom. The minimum absolute atomic E-state index is 0.222. The predicted octanol–water partition coefficient (Wildman–Crippen LogP) is 5.76. The van der Waals surface area contributed by atoms with Crippen LogP contribution in [0.2, 0.25) is 0 Å². The zero-order valence-electron chi connectivity index (χ0n) is 18.4. The number of anilines is 1. The summed E-state index contributed by atoms with van der Waals surface area (Å²) in [5, 5.41) is 7.60. The van der Waals surface area contributed by atoms with Crippen molar-refractivity contribution < 1.29 is 13.2 Å². The topological polar surface area (TPSA) is 54.2 Å². The first-order valence-corrected chi connectivity index (χ1v) is 10.9. The number of imidazole rings is 1. The van der Waals surface area contributed by atoms with E-state index in [-0.39, 0.29) is 11.6 Å². The average Bonchev–Trinajstić information content (AvgIpc) is 3.27. The molecular weight excluding hydrogens is 427 g/mol. The van der Waals surface area contributed by atoms with Crippen LogP contribution in [0.15, 0.2) is 55.0 Å². The molecule has 0 saturated heterocycles. The van der Waals surface area contributed by atoms with Crippen LogP contribution in [0.3, 0.4) is 0 Å². The molecule has 0 amide bonds. The Balaban J connectivity index is 1.60. The minimum atomic E-state index is -4.39. The molecule has 0 radical (unpaired) electrons. The van der Waals surface area contributed by atoms with Gasteiger partial charge in [0.15, 0.2) is 5.65 Å². The van der Waals surface area contributed by atoms with Gasteiger partial charge < -0.3 is 10.6 Å². The van der Waals surface area contributed by atoms with E-state index >= 15 is 0 Å². The third-order valence-electron chi connectivity index (χ3n) is 6.29. The van der Waals surface area contributed by atoms with E-state index < -0.39 is 11.7 Å². The Kier molecular flexibility index (Phi) is 5.32. The molecule has 2 aromatic heterocycles. The molecule has 33 heavy (non-hydrogen) atoms. The van der Waals surface area contributed by atoms with Gasteiger partial charge in [0, 0.05) is 11.9 Å². The average molecular weight is 451 g/mol. The van der Waals surface area contributed by atoms with Crippen LogP contribution < -0.4 is 10.6 Å². The first kappa shape index (κ1) is 21.5. The van der Waals surface area contributed by atoms with Gasteiger partial charge in [-0.2, -0.15) is 13.2 Å². The lowest BCUT2D eigenvalue weighted by atomic mass is 9.96. The van der Waals surface area contributed by atoms with Crippen molar-refractivity contribution in [3.05, 3.63) is 77.3 Å². The number of hydrogen-bond acceptors (Lipinski definition) is 4. The van der Waals surface area contributed by atoms with Gasteiger partial charge in [0.25, 0.3) is 0 Å². The van der Waals surface area contributed by atoms with E-state index in [0.29, 0.717) is 17.0 Å². The summed E-state index contributed by atoms with van der Waals surface area (Å²) in [5.41, 5.74) is 4.20. The second kappa shape index (κ2) is 8.19. The molecule has 2 aromatic carbocycles. The number of benzene rings is 2. The molecule has 170 valence electrons. The Morgan fingerprint density at radius 2 is 2.03 bits per heavy atom. The van der Waals surface area contributed by atoms with Crippen LogP contribution in [0.5, 0.6) is 0 Å². The largest absolute Gasteiger partial charge is 0.416 e. The van der Waals surface area contributed by atoms with Crippen molar-refractivity contribution in [2.45, 2.75) is 32.5 Å². The van der Waals surface area contributed by atoms with Crippen molar-refractivity contribution in [3.63, 3.8) is 0 Å². The number of nitrogens with zero attached hydrogens (tertiary/aromatic N) is 3. The molecule has 4 aromatic rings. The molecule has 0 saturated carbocycles. The summed E-state index contributed by atoms with van der Waals surface area (Å²) >= 11 is 0. The van der Waals surface area contributed by atoms with Gasteiger partial charge in [-0.05, 0) is 67.3 Å². The number of fused-ring (bicyclic) bond motifs is 3. The molecule has 0 fully saturated rings. The second-order valence-electron chi connectivity index (χ2n) is 8.38. The van der Waals surface area contributed by atoms with Gasteiger partial charge in [-0.1, -0.05) is 24.3 Å². The van der Waals surface area contributed by atoms with Crippen LogP contribution in [0.25, 0.3) is 22.1 Å². The molecule has 1 aliphatic heterocycles. The fraction of sp³-hybridized carbons (Fsp3) is 0.280. The van der Waals surface area contributed by atoms with Crippen LogP contribution >= 0.6 is 0 Å². The van der Waals surface area contributed by atoms with E-state index in [2.05, 4.69) is 39.9 Å². The summed E-state index contributed by atoms with van der Waals surface area (Å²) < 4.78 is 42.2. The van der Waals surface area contributed by atoms with Gasteiger partial charge in [-0.3, -0.25) is 4.40 Å².